The molecule has 1 aliphatic carbocycles. The van der Waals surface area contributed by atoms with E-state index in [1.54, 1.807) is 6.08 Å². The lowest BCUT2D eigenvalue weighted by Crippen LogP contribution is -2.23. The first kappa shape index (κ1) is 24.7. The van der Waals surface area contributed by atoms with Gasteiger partial charge in [0.1, 0.15) is 0 Å². The molecule has 2 rings (SSSR count). The third kappa shape index (κ3) is 7.96. The summed E-state index contributed by atoms with van der Waals surface area (Å²) in [5.74, 6) is 0. The predicted octanol–water partition coefficient (Wildman–Crippen LogP) is 7.53. The Morgan fingerprint density at radius 1 is 0.969 bits per heavy atom. The van der Waals surface area contributed by atoms with Crippen LogP contribution in [0.1, 0.15) is 20.3 Å². The smallest absolute Gasteiger partial charge is 0.0483 e. The number of rotatable bonds is 11. The van der Waals surface area contributed by atoms with Crippen LogP contribution < -0.4 is 4.90 Å². The zero-order valence-electron chi connectivity index (χ0n) is 19.7. The lowest BCUT2D eigenvalue weighted by atomic mass is 10.1. The van der Waals surface area contributed by atoms with Gasteiger partial charge in [0.05, 0.1) is 0 Å². The van der Waals surface area contributed by atoms with Crippen LogP contribution in [-0.4, -0.2) is 25.0 Å². The largest absolute Gasteiger partial charge is 0.371 e. The standard InChI is InChI=1S/C30H36N2/c1-5-8-9-10-17-25-31(4)28(7-3)23-18-26-32(29-21-14-12-15-22-29)30-24-16-11-13-20-27(30)19-6-2/h5-10,12-24H,1,11,25-26H2,2-4H3/b9-8-,17-10-,19-6+,23-18-,28-7+. The van der Waals surface area contributed by atoms with E-state index in [1.807, 2.05) is 18.2 Å². The van der Waals surface area contributed by atoms with Crippen LogP contribution in [0.5, 0.6) is 0 Å². The van der Waals surface area contributed by atoms with Crippen molar-refractivity contribution >= 4 is 5.69 Å². The van der Waals surface area contributed by atoms with Crippen molar-refractivity contribution in [3.8, 4) is 0 Å². The summed E-state index contributed by atoms with van der Waals surface area (Å²) in [6.45, 7) is 9.46. The van der Waals surface area contributed by atoms with Crippen LogP contribution in [0.25, 0.3) is 0 Å². The Morgan fingerprint density at radius 2 is 1.75 bits per heavy atom. The van der Waals surface area contributed by atoms with Crippen LogP contribution >= 0.6 is 0 Å². The molecule has 0 spiro atoms. The van der Waals surface area contributed by atoms with Crippen LogP contribution in [0, 0.1) is 0 Å². The van der Waals surface area contributed by atoms with Crippen LogP contribution in [-0.2, 0) is 0 Å². The van der Waals surface area contributed by atoms with Crippen LogP contribution in [0.15, 0.2) is 139 Å². The minimum Gasteiger partial charge on any atom is -0.371 e. The highest BCUT2D eigenvalue weighted by Gasteiger charge is 2.12. The monoisotopic (exact) mass is 424 g/mol. The predicted molar refractivity (Wildman–Crippen MR) is 143 cm³/mol. The van der Waals surface area contributed by atoms with Gasteiger partial charge in [0, 0.05) is 37.2 Å². The van der Waals surface area contributed by atoms with E-state index in [4.69, 9.17) is 0 Å². The van der Waals surface area contributed by atoms with Crippen molar-refractivity contribution in [2.75, 3.05) is 25.0 Å². The second-order valence-electron chi connectivity index (χ2n) is 7.37. The number of para-hydroxylation sites is 1. The Bertz CT molecular complexity index is 950. The molecule has 0 atom stereocenters. The molecule has 0 aromatic heterocycles. The van der Waals surface area contributed by atoms with Crippen molar-refractivity contribution in [1.82, 2.24) is 4.90 Å². The molecule has 166 valence electrons. The van der Waals surface area contributed by atoms with Gasteiger partial charge < -0.3 is 9.80 Å². The molecule has 0 aliphatic heterocycles. The summed E-state index contributed by atoms with van der Waals surface area (Å²) in [5, 5.41) is 0. The number of anilines is 1. The average Bonchev–Trinajstić information content (AvgIpc) is 3.05. The van der Waals surface area contributed by atoms with E-state index in [0.717, 1.165) is 19.5 Å². The molecule has 1 aromatic rings. The fraction of sp³-hybridized carbons (Fsp3) is 0.200. The molecule has 0 N–H and O–H groups in total. The Hall–Kier alpha value is -3.52. The highest BCUT2D eigenvalue weighted by atomic mass is 15.1. The quantitative estimate of drug-likeness (QED) is 0.339. The third-order valence-electron chi connectivity index (χ3n) is 5.03. The van der Waals surface area contributed by atoms with Crippen molar-refractivity contribution < 1.29 is 0 Å². The maximum absolute atomic E-state index is 3.69. The highest BCUT2D eigenvalue weighted by Crippen LogP contribution is 2.25. The van der Waals surface area contributed by atoms with Gasteiger partial charge in [-0.05, 0) is 50.1 Å². The molecule has 32 heavy (non-hydrogen) atoms. The van der Waals surface area contributed by atoms with E-state index in [1.165, 1.54) is 22.7 Å². The van der Waals surface area contributed by atoms with Crippen LogP contribution in [0.2, 0.25) is 0 Å². The van der Waals surface area contributed by atoms with Gasteiger partial charge in [-0.25, -0.2) is 0 Å². The van der Waals surface area contributed by atoms with Crippen molar-refractivity contribution in [3.05, 3.63) is 139 Å². The summed E-state index contributed by atoms with van der Waals surface area (Å²) in [4.78, 5) is 4.60. The maximum atomic E-state index is 3.69. The Balaban J connectivity index is 2.24. The minimum atomic E-state index is 0.779. The van der Waals surface area contributed by atoms with Crippen LogP contribution in [0.4, 0.5) is 5.69 Å². The zero-order valence-corrected chi connectivity index (χ0v) is 19.7. The van der Waals surface area contributed by atoms with Crippen molar-refractivity contribution in [3.63, 3.8) is 0 Å². The van der Waals surface area contributed by atoms with E-state index in [9.17, 15) is 0 Å². The van der Waals surface area contributed by atoms with Gasteiger partial charge in [-0.1, -0.05) is 97.7 Å². The molecule has 2 nitrogen and oxygen atoms in total. The van der Waals surface area contributed by atoms with E-state index in [0.29, 0.717) is 0 Å². The average molecular weight is 425 g/mol. The fourth-order valence-corrected chi connectivity index (χ4v) is 3.42. The Morgan fingerprint density at radius 3 is 2.47 bits per heavy atom. The molecular formula is C30H36N2. The second kappa shape index (κ2) is 14.5. The lowest BCUT2D eigenvalue weighted by Gasteiger charge is -2.26. The maximum Gasteiger partial charge on any atom is 0.0483 e. The number of hydrogen-bond donors (Lipinski definition) is 0. The summed E-state index contributed by atoms with van der Waals surface area (Å²) >= 11 is 0. The van der Waals surface area contributed by atoms with Gasteiger partial charge >= 0.3 is 0 Å². The van der Waals surface area contributed by atoms with Crippen molar-refractivity contribution in [2.24, 2.45) is 0 Å². The first-order valence-electron chi connectivity index (χ1n) is 11.2. The zero-order chi connectivity index (χ0) is 23.0. The number of benzene rings is 1. The molecule has 0 bridgehead atoms. The summed E-state index contributed by atoms with van der Waals surface area (Å²) in [6, 6.07) is 10.6. The van der Waals surface area contributed by atoms with Gasteiger partial charge in [0.2, 0.25) is 0 Å². The third-order valence-corrected chi connectivity index (χ3v) is 5.03. The van der Waals surface area contributed by atoms with E-state index >= 15 is 0 Å². The topological polar surface area (TPSA) is 6.48 Å². The molecule has 0 fully saturated rings. The molecule has 0 amide bonds. The summed E-state index contributed by atoms with van der Waals surface area (Å²) < 4.78 is 0. The van der Waals surface area contributed by atoms with Gasteiger partial charge in [-0.3, -0.25) is 0 Å². The van der Waals surface area contributed by atoms with E-state index < -0.39 is 0 Å². The first-order chi connectivity index (χ1) is 15.7. The summed E-state index contributed by atoms with van der Waals surface area (Å²) in [6.07, 6.45) is 30.6. The van der Waals surface area contributed by atoms with Crippen molar-refractivity contribution in [1.29, 1.82) is 0 Å². The molecule has 0 saturated carbocycles. The normalized spacial score (nSPS) is 14.9. The molecule has 1 aromatic carbocycles. The van der Waals surface area contributed by atoms with Gasteiger partial charge in [-0.15, -0.1) is 0 Å². The van der Waals surface area contributed by atoms with Gasteiger partial charge in [0.15, 0.2) is 0 Å². The van der Waals surface area contributed by atoms with Crippen LogP contribution in [0.3, 0.4) is 0 Å². The summed E-state index contributed by atoms with van der Waals surface area (Å²) in [5.41, 5.74) is 4.80. The SMILES string of the molecule is C=C/C=C\C=C/CN(C)C(/C=C\CN(C1=C(/C=C/C)C=CCC=C1)c1ccccc1)=C/C. The molecule has 2 heteroatoms. The number of likely N-dealkylation sites (N-methyl/N-ethyl adjacent to an activating group) is 1. The van der Waals surface area contributed by atoms with E-state index in [2.05, 4.69) is 128 Å². The number of hydrogen-bond acceptors (Lipinski definition) is 2. The number of allylic oxidation sites excluding steroid dienone is 13. The van der Waals surface area contributed by atoms with Gasteiger partial charge in [-0.2, -0.15) is 0 Å². The second-order valence-corrected chi connectivity index (χ2v) is 7.37. The first-order valence-corrected chi connectivity index (χ1v) is 11.2. The molecule has 0 radical (unpaired) electrons. The molecule has 1 aliphatic rings. The minimum absolute atomic E-state index is 0.779. The van der Waals surface area contributed by atoms with Gasteiger partial charge in [0.25, 0.3) is 0 Å². The molecule has 0 heterocycles. The van der Waals surface area contributed by atoms with E-state index in [-0.39, 0.29) is 0 Å². The summed E-state index contributed by atoms with van der Waals surface area (Å²) in [7, 11) is 2.11. The Labute approximate surface area is 194 Å². The molecule has 0 saturated heterocycles. The highest BCUT2D eigenvalue weighted by molar-refractivity contribution is 5.60. The molecule has 0 unspecified atom stereocenters. The number of nitrogens with zero attached hydrogens (tertiary/aromatic N) is 2. The fourth-order valence-electron chi connectivity index (χ4n) is 3.42. The Kier molecular flexibility index (Phi) is 11.2. The van der Waals surface area contributed by atoms with Crippen molar-refractivity contribution in [2.45, 2.75) is 20.3 Å². The molecular weight excluding hydrogens is 388 g/mol. The lowest BCUT2D eigenvalue weighted by molar-refractivity contribution is 0.478.